The number of nitrogens with zero attached hydrogens (tertiary/aromatic N) is 1. The van der Waals surface area contributed by atoms with Gasteiger partial charge in [-0.15, -0.1) is 0 Å². The number of hydrogen-bond donors (Lipinski definition) is 1. The quantitative estimate of drug-likeness (QED) is 0.816. The highest BCUT2D eigenvalue weighted by atomic mass is 32.2. The maximum Gasteiger partial charge on any atom is 0.214 e. The summed E-state index contributed by atoms with van der Waals surface area (Å²) >= 11 is 0. The normalized spacial score (nSPS) is 25.9. The van der Waals surface area contributed by atoms with Crippen molar-refractivity contribution in [1.82, 2.24) is 4.31 Å². The van der Waals surface area contributed by atoms with E-state index in [1.165, 1.54) is 0 Å². The lowest BCUT2D eigenvalue weighted by Crippen LogP contribution is -2.29. The molecule has 1 aliphatic heterocycles. The summed E-state index contributed by atoms with van der Waals surface area (Å²) in [6, 6.07) is 7.27. The highest BCUT2D eigenvalue weighted by Gasteiger charge is 2.37. The third-order valence-electron chi connectivity index (χ3n) is 3.17. The summed E-state index contributed by atoms with van der Waals surface area (Å²) in [5, 5.41) is 0. The third-order valence-corrected chi connectivity index (χ3v) is 5.34. The van der Waals surface area contributed by atoms with Crippen molar-refractivity contribution in [3.8, 4) is 0 Å². The van der Waals surface area contributed by atoms with Crippen molar-refractivity contribution < 1.29 is 8.42 Å². The minimum absolute atomic E-state index is 0.145. The summed E-state index contributed by atoms with van der Waals surface area (Å²) in [5.41, 5.74) is 7.33. The van der Waals surface area contributed by atoms with Crippen LogP contribution in [-0.4, -0.2) is 25.0 Å². The number of sulfonamides is 1. The third kappa shape index (κ3) is 2.45. The van der Waals surface area contributed by atoms with E-state index in [0.717, 1.165) is 5.56 Å². The molecule has 1 fully saturated rings. The Kier molecular flexibility index (Phi) is 3.14. The molecule has 5 heteroatoms. The molecule has 94 valence electrons. The van der Waals surface area contributed by atoms with Gasteiger partial charge in [0.15, 0.2) is 0 Å². The zero-order valence-electron chi connectivity index (χ0n) is 10.1. The molecule has 0 saturated carbocycles. The Labute approximate surface area is 102 Å². The fraction of sp³-hybridized carbons (Fsp3) is 0.500. The van der Waals surface area contributed by atoms with Gasteiger partial charge in [0.2, 0.25) is 10.0 Å². The lowest BCUT2D eigenvalue weighted by Gasteiger charge is -2.23. The molecule has 1 heterocycles. The molecule has 2 atom stereocenters. The first-order valence-corrected chi connectivity index (χ1v) is 7.36. The molecular weight excluding hydrogens is 236 g/mol. The largest absolute Gasteiger partial charge is 0.399 e. The van der Waals surface area contributed by atoms with Crippen LogP contribution in [0.3, 0.4) is 0 Å². The Balaban J connectivity index is 2.29. The fourth-order valence-corrected chi connectivity index (χ4v) is 4.41. The second kappa shape index (κ2) is 4.31. The van der Waals surface area contributed by atoms with Crippen LogP contribution in [0.15, 0.2) is 24.3 Å². The molecule has 0 radical (unpaired) electrons. The van der Waals surface area contributed by atoms with Gasteiger partial charge >= 0.3 is 0 Å². The lowest BCUT2D eigenvalue weighted by molar-refractivity contribution is 0.345. The van der Waals surface area contributed by atoms with Crippen LogP contribution in [0.25, 0.3) is 0 Å². The Morgan fingerprint density at radius 2 is 2.18 bits per heavy atom. The van der Waals surface area contributed by atoms with Gasteiger partial charge in [0.25, 0.3) is 0 Å². The van der Waals surface area contributed by atoms with Crippen molar-refractivity contribution in [2.24, 2.45) is 5.92 Å². The predicted octanol–water partition coefficient (Wildman–Crippen LogP) is 1.61. The molecule has 2 N–H and O–H groups in total. The molecule has 17 heavy (non-hydrogen) atoms. The number of anilines is 1. The number of nitrogen functional groups attached to an aromatic ring is 1. The molecule has 0 amide bonds. The van der Waals surface area contributed by atoms with Crippen LogP contribution in [-0.2, 0) is 10.0 Å². The van der Waals surface area contributed by atoms with E-state index in [-0.39, 0.29) is 17.7 Å². The fourth-order valence-electron chi connectivity index (χ4n) is 2.31. The molecule has 0 bridgehead atoms. The first-order chi connectivity index (χ1) is 7.90. The Bertz CT molecular complexity index is 513. The number of nitrogens with two attached hydrogens (primary N) is 1. The van der Waals surface area contributed by atoms with E-state index in [2.05, 4.69) is 0 Å². The average molecular weight is 254 g/mol. The van der Waals surface area contributed by atoms with Crippen LogP contribution >= 0.6 is 0 Å². The van der Waals surface area contributed by atoms with Crippen LogP contribution in [0.4, 0.5) is 5.69 Å². The molecule has 0 aliphatic carbocycles. The molecule has 2 rings (SSSR count). The second-order valence-corrected chi connectivity index (χ2v) is 6.77. The molecule has 1 aromatic rings. The molecule has 4 nitrogen and oxygen atoms in total. The summed E-state index contributed by atoms with van der Waals surface area (Å²) in [6.07, 6.45) is 0. The van der Waals surface area contributed by atoms with Crippen molar-refractivity contribution in [2.45, 2.75) is 19.9 Å². The standard InChI is InChI=1S/C12H18N2O2S/c1-9-7-14(17(15,16)8-9)10(2)11-4-3-5-12(13)6-11/h3-6,9-10H,7-8,13H2,1-2H3. The average Bonchev–Trinajstić information content (AvgIpc) is 2.51. The minimum atomic E-state index is -3.10. The molecule has 1 saturated heterocycles. The molecular formula is C12H18N2O2S. The second-order valence-electron chi connectivity index (χ2n) is 4.80. The lowest BCUT2D eigenvalue weighted by atomic mass is 10.1. The molecule has 2 unspecified atom stereocenters. The smallest absolute Gasteiger partial charge is 0.214 e. The van der Waals surface area contributed by atoms with Crippen LogP contribution < -0.4 is 5.73 Å². The van der Waals surface area contributed by atoms with Gasteiger partial charge in [-0.05, 0) is 30.5 Å². The highest BCUT2D eigenvalue weighted by molar-refractivity contribution is 7.89. The van der Waals surface area contributed by atoms with E-state index in [1.54, 1.807) is 10.4 Å². The van der Waals surface area contributed by atoms with Gasteiger partial charge < -0.3 is 5.73 Å². The van der Waals surface area contributed by atoms with E-state index < -0.39 is 10.0 Å². The zero-order chi connectivity index (χ0) is 12.6. The maximum atomic E-state index is 12.0. The maximum absolute atomic E-state index is 12.0. The van der Waals surface area contributed by atoms with Gasteiger partial charge in [-0.25, -0.2) is 8.42 Å². The van der Waals surface area contributed by atoms with Gasteiger partial charge in [0.05, 0.1) is 5.75 Å². The summed E-state index contributed by atoms with van der Waals surface area (Å²) in [5.74, 6) is 0.447. The van der Waals surface area contributed by atoms with E-state index in [9.17, 15) is 8.42 Å². The van der Waals surface area contributed by atoms with Crippen molar-refractivity contribution in [1.29, 1.82) is 0 Å². The van der Waals surface area contributed by atoms with Crippen molar-refractivity contribution in [3.63, 3.8) is 0 Å². The number of hydrogen-bond acceptors (Lipinski definition) is 3. The molecule has 0 spiro atoms. The van der Waals surface area contributed by atoms with Gasteiger partial charge in [0, 0.05) is 18.3 Å². The topological polar surface area (TPSA) is 63.4 Å². The summed E-state index contributed by atoms with van der Waals surface area (Å²) < 4.78 is 25.5. The molecule has 0 aromatic heterocycles. The first-order valence-electron chi connectivity index (χ1n) is 5.75. The van der Waals surface area contributed by atoms with Crippen LogP contribution in [0.5, 0.6) is 0 Å². The van der Waals surface area contributed by atoms with E-state index in [1.807, 2.05) is 32.0 Å². The SMILES string of the molecule is CC1CN(C(C)c2cccc(N)c2)S(=O)(=O)C1. The van der Waals surface area contributed by atoms with Gasteiger partial charge in [-0.2, -0.15) is 4.31 Å². The predicted molar refractivity (Wildman–Crippen MR) is 68.9 cm³/mol. The zero-order valence-corrected chi connectivity index (χ0v) is 10.9. The van der Waals surface area contributed by atoms with E-state index in [0.29, 0.717) is 12.2 Å². The van der Waals surface area contributed by atoms with Crippen molar-refractivity contribution in [2.75, 3.05) is 18.0 Å². The van der Waals surface area contributed by atoms with Crippen LogP contribution in [0, 0.1) is 5.92 Å². The van der Waals surface area contributed by atoms with Gasteiger partial charge in [-0.3, -0.25) is 0 Å². The first kappa shape index (κ1) is 12.4. The van der Waals surface area contributed by atoms with Gasteiger partial charge in [-0.1, -0.05) is 19.1 Å². The monoisotopic (exact) mass is 254 g/mol. The number of benzene rings is 1. The van der Waals surface area contributed by atoms with Crippen LogP contribution in [0.1, 0.15) is 25.5 Å². The summed E-state index contributed by atoms with van der Waals surface area (Å²) in [6.45, 7) is 4.46. The van der Waals surface area contributed by atoms with E-state index in [4.69, 9.17) is 5.73 Å². The van der Waals surface area contributed by atoms with Gasteiger partial charge in [0.1, 0.15) is 0 Å². The Hall–Kier alpha value is -1.07. The highest BCUT2D eigenvalue weighted by Crippen LogP contribution is 2.30. The Morgan fingerprint density at radius 1 is 1.47 bits per heavy atom. The van der Waals surface area contributed by atoms with Crippen molar-refractivity contribution >= 4 is 15.7 Å². The summed E-state index contributed by atoms with van der Waals surface area (Å²) in [4.78, 5) is 0. The van der Waals surface area contributed by atoms with E-state index >= 15 is 0 Å². The van der Waals surface area contributed by atoms with Crippen LogP contribution in [0.2, 0.25) is 0 Å². The Morgan fingerprint density at radius 3 is 2.71 bits per heavy atom. The number of rotatable bonds is 2. The minimum Gasteiger partial charge on any atom is -0.399 e. The molecule has 1 aliphatic rings. The molecule has 1 aromatic carbocycles. The summed E-state index contributed by atoms with van der Waals surface area (Å²) in [7, 11) is -3.10. The van der Waals surface area contributed by atoms with Crippen molar-refractivity contribution in [3.05, 3.63) is 29.8 Å².